The zero-order valence-corrected chi connectivity index (χ0v) is 26.3. The molecule has 3 aromatic rings. The van der Waals surface area contributed by atoms with E-state index in [1.807, 2.05) is 0 Å². The number of nitrogens with one attached hydrogen (secondary N) is 3. The van der Waals surface area contributed by atoms with Gasteiger partial charge in [0.15, 0.2) is 29.2 Å². The third kappa shape index (κ3) is 6.33. The van der Waals surface area contributed by atoms with Gasteiger partial charge in [-0.25, -0.2) is 19.9 Å². The molecular formula is C27H36N12O7S. The van der Waals surface area contributed by atoms with Gasteiger partial charge < -0.3 is 42.2 Å². The molecule has 6 heterocycles. The number of aliphatic hydroxyl groups excluding tert-OH is 2. The fourth-order valence-corrected chi connectivity index (χ4v) is 7.38. The molecule has 47 heavy (non-hydrogen) atoms. The summed E-state index contributed by atoms with van der Waals surface area (Å²) in [5.41, 5.74) is 10.7. The van der Waals surface area contributed by atoms with Crippen molar-refractivity contribution < 1.29 is 29.6 Å². The molecule has 4 unspecified atom stereocenters. The molecular weight excluding hydrogens is 636 g/mol. The van der Waals surface area contributed by atoms with E-state index in [-0.39, 0.29) is 47.3 Å². The number of H-pyrrole nitrogens is 1. The molecule has 20 heteroatoms. The number of aliphatic imine (C=N–C) groups is 1. The van der Waals surface area contributed by atoms with Crippen LogP contribution in [0.3, 0.4) is 0 Å². The molecule has 0 aromatic carbocycles. The summed E-state index contributed by atoms with van der Waals surface area (Å²) in [5.74, 6) is -0.873. The summed E-state index contributed by atoms with van der Waals surface area (Å²) < 4.78 is 7.54. The van der Waals surface area contributed by atoms with Gasteiger partial charge in [0.25, 0.3) is 11.5 Å². The van der Waals surface area contributed by atoms with Gasteiger partial charge in [-0.3, -0.25) is 28.8 Å². The van der Waals surface area contributed by atoms with Crippen molar-refractivity contribution in [3.05, 3.63) is 23.0 Å². The topological polar surface area (TPSA) is 285 Å². The largest absolute Gasteiger partial charge is 0.480 e. The molecule has 6 rings (SSSR count). The number of carboxylic acids is 1. The van der Waals surface area contributed by atoms with E-state index in [2.05, 4.69) is 40.5 Å². The number of piperidine rings is 1. The molecule has 252 valence electrons. The molecule has 3 aliphatic heterocycles. The Morgan fingerprint density at radius 1 is 1.21 bits per heavy atom. The molecule has 10 N–H and O–H groups in total. The van der Waals surface area contributed by atoms with Crippen LogP contribution >= 0.6 is 11.8 Å². The fraction of sp³-hybridized carbons (Fsp3) is 0.556. The number of anilines is 3. The highest BCUT2D eigenvalue weighted by Crippen LogP contribution is 2.36. The number of amides is 1. The number of hydrogen-bond donors (Lipinski definition) is 8. The Hall–Kier alpha value is -4.37. The zero-order valence-electron chi connectivity index (χ0n) is 25.5. The lowest BCUT2D eigenvalue weighted by Gasteiger charge is -2.37. The summed E-state index contributed by atoms with van der Waals surface area (Å²) in [6.45, 7) is 4.34. The first-order valence-corrected chi connectivity index (χ1v) is 16.0. The Labute approximate surface area is 271 Å². The van der Waals surface area contributed by atoms with Crippen LogP contribution in [0.4, 0.5) is 23.3 Å². The number of rotatable bonds is 9. The van der Waals surface area contributed by atoms with Gasteiger partial charge in [-0.1, -0.05) is 0 Å². The Morgan fingerprint density at radius 3 is 2.77 bits per heavy atom. The molecule has 0 saturated carbocycles. The quantitative estimate of drug-likeness (QED) is 0.127. The SMILES string of the molecule is CC1(C)Nc2nc(N)[nH]c(=O)c2N=C1C(=O)NCCN1CCC(SC[C@H]2O[C@@H](n3cnc4c(N)ncnc43)C(O)C2O)CC1C(=O)O. The average molecular weight is 673 g/mol. The lowest BCUT2D eigenvalue weighted by Crippen LogP contribution is -2.53. The van der Waals surface area contributed by atoms with E-state index in [1.54, 1.807) is 18.7 Å². The molecule has 0 aliphatic carbocycles. The van der Waals surface area contributed by atoms with Crippen LogP contribution in [0.15, 0.2) is 22.4 Å². The zero-order chi connectivity index (χ0) is 33.6. The van der Waals surface area contributed by atoms with E-state index in [1.165, 1.54) is 29.0 Å². The first-order valence-electron chi connectivity index (χ1n) is 14.9. The molecule has 0 spiro atoms. The van der Waals surface area contributed by atoms with Crippen molar-refractivity contribution in [2.75, 3.05) is 42.2 Å². The second-order valence-corrected chi connectivity index (χ2v) is 13.4. The number of carbonyl (C=O) groups is 2. The third-order valence-electron chi connectivity index (χ3n) is 8.50. The van der Waals surface area contributed by atoms with Crippen LogP contribution in [-0.2, 0) is 14.3 Å². The van der Waals surface area contributed by atoms with Crippen LogP contribution in [-0.4, -0.2) is 128 Å². The van der Waals surface area contributed by atoms with E-state index in [9.17, 15) is 29.7 Å². The van der Waals surface area contributed by atoms with Gasteiger partial charge in [0.2, 0.25) is 5.95 Å². The summed E-state index contributed by atoms with van der Waals surface area (Å²) in [6.07, 6.45) is -0.375. The normalized spacial score (nSPS) is 27.2. The Balaban J connectivity index is 1.02. The first kappa shape index (κ1) is 32.6. The number of likely N-dealkylation sites (tertiary alicyclic amines) is 1. The Morgan fingerprint density at radius 2 is 2.00 bits per heavy atom. The minimum atomic E-state index is -1.25. The van der Waals surface area contributed by atoms with Gasteiger partial charge in [0, 0.05) is 30.6 Å². The fourth-order valence-electron chi connectivity index (χ4n) is 6.05. The number of carboxylic acid groups (broad SMARTS) is 1. The number of nitrogens with zero attached hydrogens (tertiary/aromatic N) is 7. The van der Waals surface area contributed by atoms with Gasteiger partial charge >= 0.3 is 5.97 Å². The van der Waals surface area contributed by atoms with Crippen LogP contribution in [0.1, 0.15) is 32.9 Å². The lowest BCUT2D eigenvalue weighted by molar-refractivity contribution is -0.144. The van der Waals surface area contributed by atoms with E-state index in [0.717, 1.165) is 0 Å². The van der Waals surface area contributed by atoms with Crippen molar-refractivity contribution in [1.29, 1.82) is 0 Å². The number of carbonyl (C=O) groups excluding carboxylic acids is 1. The van der Waals surface area contributed by atoms with Gasteiger partial charge in [-0.15, -0.1) is 0 Å². The maximum absolute atomic E-state index is 13.1. The molecule has 2 saturated heterocycles. The number of imidazole rings is 1. The number of thioether (sulfide) groups is 1. The maximum Gasteiger partial charge on any atom is 0.320 e. The van der Waals surface area contributed by atoms with Crippen LogP contribution in [0.5, 0.6) is 0 Å². The van der Waals surface area contributed by atoms with Gasteiger partial charge in [0.1, 0.15) is 35.8 Å². The number of hydrogen-bond acceptors (Lipinski definition) is 16. The number of aromatic nitrogens is 6. The summed E-state index contributed by atoms with van der Waals surface area (Å²) in [5, 5.41) is 37.3. The van der Waals surface area contributed by atoms with E-state index < -0.39 is 53.6 Å². The van der Waals surface area contributed by atoms with Crippen molar-refractivity contribution >= 4 is 63.8 Å². The summed E-state index contributed by atoms with van der Waals surface area (Å²) in [7, 11) is 0. The van der Waals surface area contributed by atoms with Crippen LogP contribution in [0, 0.1) is 0 Å². The van der Waals surface area contributed by atoms with Crippen molar-refractivity contribution in [2.24, 2.45) is 4.99 Å². The number of ether oxygens (including phenoxy) is 1. The third-order valence-corrected chi connectivity index (χ3v) is 9.92. The smallest absolute Gasteiger partial charge is 0.320 e. The van der Waals surface area contributed by atoms with Crippen molar-refractivity contribution in [2.45, 2.75) is 68.1 Å². The number of aliphatic hydroxyl groups is 2. The van der Waals surface area contributed by atoms with Crippen molar-refractivity contribution in [3.8, 4) is 0 Å². The van der Waals surface area contributed by atoms with Crippen LogP contribution in [0.25, 0.3) is 11.2 Å². The van der Waals surface area contributed by atoms with Crippen LogP contribution < -0.4 is 27.7 Å². The van der Waals surface area contributed by atoms with E-state index in [4.69, 9.17) is 16.2 Å². The summed E-state index contributed by atoms with van der Waals surface area (Å²) in [4.78, 5) is 62.4. The van der Waals surface area contributed by atoms with Crippen LogP contribution in [0.2, 0.25) is 0 Å². The maximum atomic E-state index is 13.1. The van der Waals surface area contributed by atoms with E-state index >= 15 is 0 Å². The molecule has 19 nitrogen and oxygen atoms in total. The van der Waals surface area contributed by atoms with E-state index in [0.29, 0.717) is 36.3 Å². The first-order chi connectivity index (χ1) is 22.3. The molecule has 3 aromatic heterocycles. The number of aromatic amines is 1. The molecule has 3 aliphatic rings. The minimum absolute atomic E-state index is 0.0418. The second-order valence-electron chi connectivity index (χ2n) is 12.1. The molecule has 0 radical (unpaired) electrons. The number of nitrogen functional groups attached to an aromatic ring is 2. The highest BCUT2D eigenvalue weighted by atomic mass is 32.2. The Kier molecular flexibility index (Phi) is 8.78. The number of nitrogens with two attached hydrogens (primary N) is 2. The molecule has 6 atom stereocenters. The standard InChI is InChI=1S/C27H36N12O7S/c1-27(2)18(34-15-20(37-27)35-26(29)36-22(15)42)23(43)30-4-6-38-5-3-11(7-12(38)25(44)45)47-8-13-16(40)17(41)24(46-13)39-10-33-14-19(28)31-9-32-21(14)39/h9-13,16-17,24,40-41H,3-8H2,1-2H3,(H,30,43)(H,44,45)(H2,28,31,32)(H4,29,35,36,37,42)/t11?,12?,13-,16?,17?,24-/m1/s1. The molecule has 1 amide bonds. The number of aliphatic carboxylic acids is 1. The Bertz CT molecular complexity index is 1780. The summed E-state index contributed by atoms with van der Waals surface area (Å²) >= 11 is 1.48. The highest BCUT2D eigenvalue weighted by molar-refractivity contribution is 7.99. The van der Waals surface area contributed by atoms with Gasteiger partial charge in [-0.05, 0) is 26.7 Å². The van der Waals surface area contributed by atoms with Gasteiger partial charge in [-0.2, -0.15) is 16.7 Å². The monoisotopic (exact) mass is 672 g/mol. The van der Waals surface area contributed by atoms with Gasteiger partial charge in [0.05, 0.1) is 18.0 Å². The number of fused-ring (bicyclic) bond motifs is 2. The summed E-state index contributed by atoms with van der Waals surface area (Å²) in [6, 6.07) is -0.791. The molecule has 0 bridgehead atoms. The lowest BCUT2D eigenvalue weighted by atomic mass is 9.95. The van der Waals surface area contributed by atoms with Crippen molar-refractivity contribution in [1.82, 2.24) is 39.7 Å². The predicted molar refractivity (Wildman–Crippen MR) is 171 cm³/mol. The average Bonchev–Trinajstić information content (AvgIpc) is 3.56. The minimum Gasteiger partial charge on any atom is -0.480 e. The second kappa shape index (κ2) is 12.7. The molecule has 2 fully saturated rings. The predicted octanol–water partition coefficient (Wildman–Crippen LogP) is -1.56. The highest BCUT2D eigenvalue weighted by Gasteiger charge is 2.45. The van der Waals surface area contributed by atoms with Crippen molar-refractivity contribution in [3.63, 3.8) is 0 Å².